The van der Waals surface area contributed by atoms with E-state index < -0.39 is 5.91 Å². The van der Waals surface area contributed by atoms with Crippen molar-refractivity contribution < 1.29 is 24.2 Å². The minimum Gasteiger partial charge on any atom is -0.507 e. The van der Waals surface area contributed by atoms with Gasteiger partial charge in [0.15, 0.2) is 12.9 Å². The van der Waals surface area contributed by atoms with Crippen LogP contribution in [0.4, 0.5) is 0 Å². The van der Waals surface area contributed by atoms with Crippen LogP contribution in [0.25, 0.3) is 0 Å². The van der Waals surface area contributed by atoms with Crippen LogP contribution in [-0.4, -0.2) is 31.0 Å². The monoisotopic (exact) mass is 225 g/mol. The second kappa shape index (κ2) is 5.01. The third-order valence-electron chi connectivity index (χ3n) is 1.82. The van der Waals surface area contributed by atoms with Crippen LogP contribution < -0.4 is 15.2 Å². The van der Waals surface area contributed by atoms with Crippen LogP contribution in [0.2, 0.25) is 0 Å². The third kappa shape index (κ3) is 2.63. The highest BCUT2D eigenvalue weighted by atomic mass is 16.5. The molecule has 0 heterocycles. The number of primary amides is 1. The van der Waals surface area contributed by atoms with E-state index in [0.29, 0.717) is 12.0 Å². The molecule has 0 atom stereocenters. The van der Waals surface area contributed by atoms with E-state index in [0.717, 1.165) is 0 Å². The topological polar surface area (TPSA) is 98.8 Å². The molecule has 0 unspecified atom stereocenters. The lowest BCUT2D eigenvalue weighted by molar-refractivity contribution is -0.119. The zero-order valence-electron chi connectivity index (χ0n) is 8.60. The Morgan fingerprint density at radius 2 is 2.25 bits per heavy atom. The number of amides is 1. The number of carbonyl (C=O) groups is 2. The SMILES string of the molecule is COc1cc(O)c(C=O)c(OCC(N)=O)c1. The van der Waals surface area contributed by atoms with Gasteiger partial charge in [0.05, 0.1) is 12.7 Å². The number of hydrogen-bond acceptors (Lipinski definition) is 5. The highest BCUT2D eigenvalue weighted by molar-refractivity contribution is 5.84. The average Bonchev–Trinajstić information content (AvgIpc) is 2.25. The Balaban J connectivity index is 3.07. The molecule has 6 heteroatoms. The zero-order valence-corrected chi connectivity index (χ0v) is 8.60. The number of phenols is 1. The summed E-state index contributed by atoms with van der Waals surface area (Å²) >= 11 is 0. The maximum absolute atomic E-state index is 10.7. The Morgan fingerprint density at radius 3 is 2.75 bits per heavy atom. The first kappa shape index (κ1) is 11.8. The Kier molecular flexibility index (Phi) is 3.71. The molecular formula is C10H11NO5. The maximum atomic E-state index is 10.7. The van der Waals surface area contributed by atoms with E-state index in [1.54, 1.807) is 0 Å². The molecule has 86 valence electrons. The second-order valence-electron chi connectivity index (χ2n) is 2.93. The second-order valence-corrected chi connectivity index (χ2v) is 2.93. The lowest BCUT2D eigenvalue weighted by Crippen LogP contribution is -2.20. The van der Waals surface area contributed by atoms with E-state index >= 15 is 0 Å². The fourth-order valence-electron chi connectivity index (χ4n) is 1.09. The molecule has 16 heavy (non-hydrogen) atoms. The van der Waals surface area contributed by atoms with Crippen molar-refractivity contribution in [1.82, 2.24) is 0 Å². The van der Waals surface area contributed by atoms with Gasteiger partial charge < -0.3 is 20.3 Å². The van der Waals surface area contributed by atoms with Crippen molar-refractivity contribution in [2.45, 2.75) is 0 Å². The molecule has 1 aromatic carbocycles. The van der Waals surface area contributed by atoms with Crippen LogP contribution in [0.3, 0.4) is 0 Å². The minimum absolute atomic E-state index is 0.0469. The number of ether oxygens (including phenoxy) is 2. The standard InChI is InChI=1S/C10H11NO5/c1-15-6-2-8(13)7(4-12)9(3-6)16-5-10(11)14/h2-4,13H,5H2,1H3,(H2,11,14). The molecule has 1 amide bonds. The molecule has 3 N–H and O–H groups in total. The molecule has 0 saturated carbocycles. The summed E-state index contributed by atoms with van der Waals surface area (Å²) < 4.78 is 9.84. The summed E-state index contributed by atoms with van der Waals surface area (Å²) in [7, 11) is 1.40. The van der Waals surface area contributed by atoms with Crippen molar-refractivity contribution in [3.63, 3.8) is 0 Å². The summed E-state index contributed by atoms with van der Waals surface area (Å²) in [6, 6.07) is 2.65. The molecule has 1 rings (SSSR count). The number of phenolic OH excluding ortho intramolecular Hbond substituents is 1. The van der Waals surface area contributed by atoms with Gasteiger partial charge in [0, 0.05) is 12.1 Å². The Labute approximate surface area is 91.6 Å². The normalized spacial score (nSPS) is 9.56. The molecule has 0 saturated heterocycles. The molecule has 0 radical (unpaired) electrons. The van der Waals surface area contributed by atoms with E-state index in [4.69, 9.17) is 15.2 Å². The van der Waals surface area contributed by atoms with Crippen molar-refractivity contribution in [3.05, 3.63) is 17.7 Å². The fourth-order valence-corrected chi connectivity index (χ4v) is 1.09. The van der Waals surface area contributed by atoms with Crippen molar-refractivity contribution >= 4 is 12.2 Å². The first-order chi connectivity index (χ1) is 7.58. The quantitative estimate of drug-likeness (QED) is 0.691. The van der Waals surface area contributed by atoms with Gasteiger partial charge in [0.25, 0.3) is 5.91 Å². The summed E-state index contributed by atoms with van der Waals surface area (Å²) in [5.41, 5.74) is 4.84. The van der Waals surface area contributed by atoms with E-state index in [1.807, 2.05) is 0 Å². The molecular weight excluding hydrogens is 214 g/mol. The Morgan fingerprint density at radius 1 is 1.56 bits per heavy atom. The van der Waals surface area contributed by atoms with E-state index in [1.165, 1.54) is 19.2 Å². The third-order valence-corrected chi connectivity index (χ3v) is 1.82. The van der Waals surface area contributed by atoms with Crippen molar-refractivity contribution in [3.8, 4) is 17.2 Å². The highest BCUT2D eigenvalue weighted by Crippen LogP contribution is 2.31. The van der Waals surface area contributed by atoms with Crippen molar-refractivity contribution in [1.29, 1.82) is 0 Å². The Hall–Kier alpha value is -2.24. The van der Waals surface area contributed by atoms with Gasteiger partial charge in [-0.05, 0) is 0 Å². The van der Waals surface area contributed by atoms with Crippen LogP contribution in [0, 0.1) is 0 Å². The van der Waals surface area contributed by atoms with Gasteiger partial charge in [-0.1, -0.05) is 0 Å². The van der Waals surface area contributed by atoms with Crippen molar-refractivity contribution in [2.24, 2.45) is 5.73 Å². The molecule has 0 aromatic heterocycles. The summed E-state index contributed by atoms with van der Waals surface area (Å²) in [4.78, 5) is 21.2. The Bertz CT molecular complexity index is 416. The molecule has 6 nitrogen and oxygen atoms in total. The summed E-state index contributed by atoms with van der Waals surface area (Å²) in [6.07, 6.45) is 0.422. The van der Waals surface area contributed by atoms with Gasteiger partial charge >= 0.3 is 0 Å². The van der Waals surface area contributed by atoms with Crippen LogP contribution in [0.1, 0.15) is 10.4 Å². The first-order valence-corrected chi connectivity index (χ1v) is 4.35. The molecule has 0 fully saturated rings. The number of methoxy groups -OCH3 is 1. The van der Waals surface area contributed by atoms with Gasteiger partial charge in [-0.25, -0.2) is 0 Å². The first-order valence-electron chi connectivity index (χ1n) is 4.35. The van der Waals surface area contributed by atoms with Crippen LogP contribution in [0.15, 0.2) is 12.1 Å². The summed E-state index contributed by atoms with van der Waals surface area (Å²) in [6.45, 7) is -0.382. The number of nitrogens with two attached hydrogens (primary N) is 1. The summed E-state index contributed by atoms with van der Waals surface area (Å²) in [5.74, 6) is -0.610. The van der Waals surface area contributed by atoms with Gasteiger partial charge in [-0.15, -0.1) is 0 Å². The summed E-state index contributed by atoms with van der Waals surface area (Å²) in [5, 5.41) is 9.46. The number of rotatable bonds is 5. The van der Waals surface area contributed by atoms with Gasteiger partial charge in [-0.2, -0.15) is 0 Å². The molecule has 1 aromatic rings. The molecule has 0 spiro atoms. The zero-order chi connectivity index (χ0) is 12.1. The number of aromatic hydroxyl groups is 1. The van der Waals surface area contributed by atoms with Crippen LogP contribution >= 0.6 is 0 Å². The largest absolute Gasteiger partial charge is 0.507 e. The fraction of sp³-hybridized carbons (Fsp3) is 0.200. The van der Waals surface area contributed by atoms with E-state index in [-0.39, 0.29) is 23.7 Å². The lowest BCUT2D eigenvalue weighted by atomic mass is 10.2. The predicted molar refractivity (Wildman–Crippen MR) is 54.7 cm³/mol. The van der Waals surface area contributed by atoms with Crippen LogP contribution in [0.5, 0.6) is 17.2 Å². The smallest absolute Gasteiger partial charge is 0.255 e. The highest BCUT2D eigenvalue weighted by Gasteiger charge is 2.12. The average molecular weight is 225 g/mol. The van der Waals surface area contributed by atoms with E-state index in [9.17, 15) is 14.7 Å². The van der Waals surface area contributed by atoms with Gasteiger partial charge in [0.2, 0.25) is 0 Å². The van der Waals surface area contributed by atoms with E-state index in [2.05, 4.69) is 0 Å². The maximum Gasteiger partial charge on any atom is 0.255 e. The number of carbonyl (C=O) groups excluding carboxylic acids is 2. The van der Waals surface area contributed by atoms with Crippen LogP contribution in [-0.2, 0) is 4.79 Å². The molecule has 0 aliphatic rings. The predicted octanol–water partition coefficient (Wildman–Crippen LogP) is 0.0774. The number of hydrogen-bond donors (Lipinski definition) is 2. The number of benzene rings is 1. The molecule has 0 aliphatic heterocycles. The molecule has 0 bridgehead atoms. The van der Waals surface area contributed by atoms with Gasteiger partial charge in [-0.3, -0.25) is 9.59 Å². The lowest BCUT2D eigenvalue weighted by Gasteiger charge is -2.10. The molecule has 0 aliphatic carbocycles. The van der Waals surface area contributed by atoms with Crippen molar-refractivity contribution in [2.75, 3.05) is 13.7 Å². The minimum atomic E-state index is -0.681. The van der Waals surface area contributed by atoms with Gasteiger partial charge in [0.1, 0.15) is 17.2 Å². The number of aldehydes is 1.